The predicted octanol–water partition coefficient (Wildman–Crippen LogP) is 2.28. The molecule has 6 heteroatoms. The molecule has 1 unspecified atom stereocenters. The minimum atomic E-state index is -3.26. The van der Waals surface area contributed by atoms with Crippen molar-refractivity contribution >= 4 is 21.4 Å². The van der Waals surface area contributed by atoms with E-state index in [0.29, 0.717) is 23.2 Å². The van der Waals surface area contributed by atoms with E-state index in [1.54, 1.807) is 4.31 Å². The topological polar surface area (TPSA) is 49.4 Å². The minimum Gasteiger partial charge on any atom is -0.313 e. The van der Waals surface area contributed by atoms with Gasteiger partial charge in [0.25, 0.3) is 10.0 Å². The highest BCUT2D eigenvalue weighted by molar-refractivity contribution is 7.91. The van der Waals surface area contributed by atoms with Crippen molar-refractivity contribution in [3.05, 3.63) is 17.0 Å². The molecule has 1 aromatic heterocycles. The van der Waals surface area contributed by atoms with Gasteiger partial charge in [0, 0.05) is 19.6 Å². The molecule has 0 saturated carbocycles. The molecule has 1 aliphatic rings. The van der Waals surface area contributed by atoms with Gasteiger partial charge in [0.1, 0.15) is 4.21 Å². The molecule has 0 radical (unpaired) electrons. The van der Waals surface area contributed by atoms with Gasteiger partial charge in [0.05, 0.1) is 0 Å². The van der Waals surface area contributed by atoms with Crippen LogP contribution in [0.3, 0.4) is 0 Å². The highest BCUT2D eigenvalue weighted by Gasteiger charge is 2.31. The first-order valence-electron chi connectivity index (χ1n) is 6.82. The lowest BCUT2D eigenvalue weighted by atomic mass is 10.2. The summed E-state index contributed by atoms with van der Waals surface area (Å²) >= 11 is 1.33. The lowest BCUT2D eigenvalue weighted by molar-refractivity contribution is 0.466. The van der Waals surface area contributed by atoms with E-state index in [1.165, 1.54) is 11.3 Å². The first-order chi connectivity index (χ1) is 9.04. The van der Waals surface area contributed by atoms with Crippen molar-refractivity contribution in [1.82, 2.24) is 9.62 Å². The molecule has 108 valence electrons. The average molecular weight is 302 g/mol. The number of hydrogen-bond acceptors (Lipinski definition) is 4. The van der Waals surface area contributed by atoms with Crippen molar-refractivity contribution in [3.8, 4) is 0 Å². The summed E-state index contributed by atoms with van der Waals surface area (Å²) in [5, 5.41) is 5.23. The maximum Gasteiger partial charge on any atom is 0.252 e. The molecule has 4 nitrogen and oxygen atoms in total. The summed E-state index contributed by atoms with van der Waals surface area (Å²) in [6.07, 6.45) is 2.05. The van der Waals surface area contributed by atoms with Gasteiger partial charge >= 0.3 is 0 Å². The summed E-state index contributed by atoms with van der Waals surface area (Å²) in [5.74, 6) is 0.473. The largest absolute Gasteiger partial charge is 0.313 e. The number of sulfonamides is 1. The summed E-state index contributed by atoms with van der Waals surface area (Å²) in [4.78, 5) is 0. The smallest absolute Gasteiger partial charge is 0.252 e. The molecule has 0 bridgehead atoms. The molecule has 1 aromatic rings. The minimum absolute atomic E-state index is 0.473. The Labute approximate surface area is 119 Å². The van der Waals surface area contributed by atoms with Crippen molar-refractivity contribution in [2.45, 2.75) is 37.4 Å². The van der Waals surface area contributed by atoms with E-state index in [1.807, 2.05) is 11.4 Å². The van der Waals surface area contributed by atoms with E-state index >= 15 is 0 Å². The van der Waals surface area contributed by atoms with Gasteiger partial charge in [-0.25, -0.2) is 8.42 Å². The average Bonchev–Trinajstić information content (AvgIpc) is 2.99. The third kappa shape index (κ3) is 3.56. The van der Waals surface area contributed by atoms with Crippen LogP contribution in [-0.4, -0.2) is 32.4 Å². The molecule has 0 aliphatic carbocycles. The number of hydrogen-bond donors (Lipinski definition) is 1. The van der Waals surface area contributed by atoms with Crippen LogP contribution in [0.2, 0.25) is 0 Å². The van der Waals surface area contributed by atoms with Crippen molar-refractivity contribution in [3.63, 3.8) is 0 Å². The molecule has 1 N–H and O–H groups in total. The predicted molar refractivity (Wildman–Crippen MR) is 78.9 cm³/mol. The van der Waals surface area contributed by atoms with E-state index in [-0.39, 0.29) is 0 Å². The number of nitrogens with zero attached hydrogens (tertiary/aromatic N) is 1. The zero-order valence-electron chi connectivity index (χ0n) is 11.6. The Morgan fingerprint density at radius 2 is 2.32 bits per heavy atom. The lowest BCUT2D eigenvalue weighted by Gasteiger charge is -2.14. The number of nitrogens with one attached hydrogen (secondary N) is 1. The van der Waals surface area contributed by atoms with E-state index < -0.39 is 10.0 Å². The van der Waals surface area contributed by atoms with Gasteiger partial charge in [-0.15, -0.1) is 11.3 Å². The molecule has 2 heterocycles. The Balaban J connectivity index is 2.04. The van der Waals surface area contributed by atoms with E-state index in [2.05, 4.69) is 19.2 Å². The summed E-state index contributed by atoms with van der Waals surface area (Å²) in [6, 6.07) is 1.81. The summed E-state index contributed by atoms with van der Waals surface area (Å²) in [7, 11) is -3.26. The van der Waals surface area contributed by atoms with Gasteiger partial charge in [-0.3, -0.25) is 0 Å². The van der Waals surface area contributed by atoms with Crippen LogP contribution in [0, 0.1) is 5.92 Å². The Hall–Kier alpha value is -0.430. The van der Waals surface area contributed by atoms with Gasteiger partial charge in [-0.1, -0.05) is 13.8 Å². The molecular formula is C13H22N2O2S2. The fraction of sp³-hybridized carbons (Fsp3) is 0.692. The van der Waals surface area contributed by atoms with Crippen molar-refractivity contribution < 1.29 is 8.42 Å². The summed E-state index contributed by atoms with van der Waals surface area (Å²) in [6.45, 7) is 7.24. The third-order valence-electron chi connectivity index (χ3n) is 3.37. The van der Waals surface area contributed by atoms with Gasteiger partial charge < -0.3 is 5.32 Å². The third-order valence-corrected chi connectivity index (χ3v) is 6.70. The van der Waals surface area contributed by atoms with Crippen LogP contribution in [0.1, 0.15) is 32.3 Å². The van der Waals surface area contributed by atoms with Crippen molar-refractivity contribution in [1.29, 1.82) is 0 Å². The molecule has 1 fully saturated rings. The van der Waals surface area contributed by atoms with Crippen LogP contribution in [0.5, 0.6) is 0 Å². The molecular weight excluding hydrogens is 280 g/mol. The Morgan fingerprint density at radius 1 is 1.53 bits per heavy atom. The van der Waals surface area contributed by atoms with Crippen LogP contribution in [0.15, 0.2) is 15.7 Å². The highest BCUT2D eigenvalue weighted by atomic mass is 32.2. The maximum atomic E-state index is 12.4. The Bertz CT molecular complexity index is 510. The first-order valence-corrected chi connectivity index (χ1v) is 9.14. The Morgan fingerprint density at radius 3 is 2.95 bits per heavy atom. The van der Waals surface area contributed by atoms with Crippen LogP contribution < -0.4 is 5.32 Å². The van der Waals surface area contributed by atoms with Crippen LogP contribution in [-0.2, 0) is 16.6 Å². The van der Waals surface area contributed by atoms with Gasteiger partial charge in [0.15, 0.2) is 0 Å². The second kappa shape index (κ2) is 6.35. The maximum absolute atomic E-state index is 12.4. The van der Waals surface area contributed by atoms with Gasteiger partial charge in [-0.2, -0.15) is 4.31 Å². The van der Waals surface area contributed by atoms with Gasteiger partial charge in [-0.05, 0) is 42.3 Å². The molecule has 1 aliphatic heterocycles. The SMILES string of the molecule is CCCNCc1csc(S(=O)(=O)N2CCC(C)C2)c1. The number of rotatable bonds is 6. The van der Waals surface area contributed by atoms with E-state index in [9.17, 15) is 8.42 Å². The van der Waals surface area contributed by atoms with E-state index in [0.717, 1.165) is 31.5 Å². The molecule has 1 atom stereocenters. The van der Waals surface area contributed by atoms with E-state index in [4.69, 9.17) is 0 Å². The van der Waals surface area contributed by atoms with Crippen molar-refractivity contribution in [2.75, 3.05) is 19.6 Å². The molecule has 19 heavy (non-hydrogen) atoms. The van der Waals surface area contributed by atoms with Crippen LogP contribution in [0.25, 0.3) is 0 Å². The lowest BCUT2D eigenvalue weighted by Crippen LogP contribution is -2.28. The zero-order valence-corrected chi connectivity index (χ0v) is 13.2. The van der Waals surface area contributed by atoms with Crippen molar-refractivity contribution in [2.24, 2.45) is 5.92 Å². The summed E-state index contributed by atoms with van der Waals surface area (Å²) in [5.41, 5.74) is 1.06. The fourth-order valence-corrected chi connectivity index (χ4v) is 5.17. The highest BCUT2D eigenvalue weighted by Crippen LogP contribution is 2.28. The van der Waals surface area contributed by atoms with Gasteiger partial charge in [0.2, 0.25) is 0 Å². The molecule has 1 saturated heterocycles. The fourth-order valence-electron chi connectivity index (χ4n) is 2.23. The van der Waals surface area contributed by atoms with Crippen LogP contribution >= 0.6 is 11.3 Å². The Kier molecular flexibility index (Phi) is 5.00. The monoisotopic (exact) mass is 302 g/mol. The second-order valence-corrected chi connectivity index (χ2v) is 8.28. The molecule has 0 aromatic carbocycles. The quantitative estimate of drug-likeness (QED) is 0.820. The number of thiophene rings is 1. The standard InChI is InChI=1S/C13H22N2O2S2/c1-3-5-14-8-12-7-13(18-10-12)19(16,17)15-6-4-11(2)9-15/h7,10-11,14H,3-6,8-9H2,1-2H3. The van der Waals surface area contributed by atoms with Crippen LogP contribution in [0.4, 0.5) is 0 Å². The molecule has 0 amide bonds. The first kappa shape index (κ1) is 15.0. The molecule has 0 spiro atoms. The molecule has 2 rings (SSSR count). The normalized spacial score (nSPS) is 21.1. The summed E-state index contributed by atoms with van der Waals surface area (Å²) < 4.78 is 27.0. The zero-order chi connectivity index (χ0) is 13.9. The second-order valence-electron chi connectivity index (χ2n) is 5.21.